The molecule has 1 fully saturated rings. The fourth-order valence-corrected chi connectivity index (χ4v) is 1.72. The lowest BCUT2D eigenvalue weighted by atomic mass is 9.87. The van der Waals surface area contributed by atoms with Crippen molar-refractivity contribution in [1.29, 1.82) is 0 Å². The van der Waals surface area contributed by atoms with Crippen LogP contribution in [0, 0.1) is 5.41 Å². The Hall–Kier alpha value is -0.610. The Balaban J connectivity index is 2.46. The molecule has 0 radical (unpaired) electrons. The van der Waals surface area contributed by atoms with E-state index in [1.807, 2.05) is 13.8 Å². The highest BCUT2D eigenvalue weighted by Gasteiger charge is 2.41. The molecule has 0 aromatic rings. The van der Waals surface area contributed by atoms with Crippen LogP contribution in [-0.4, -0.2) is 31.1 Å². The summed E-state index contributed by atoms with van der Waals surface area (Å²) in [4.78, 5) is 11.3. The predicted molar refractivity (Wildman–Crippen MR) is 64.6 cm³/mol. The van der Waals surface area contributed by atoms with Crippen molar-refractivity contribution in [3.05, 3.63) is 0 Å². The highest BCUT2D eigenvalue weighted by atomic mass is 16.7. The Kier molecular flexibility index (Phi) is 4.55. The van der Waals surface area contributed by atoms with Gasteiger partial charge in [0.15, 0.2) is 5.79 Å². The standard InChI is InChI=1S/C13H24O4/c1-6-15-11(14)7-8-13(5)16-9-12(3,4)10(2)17-13/h10H,6-9H2,1-5H3/t10-,13-/m0/s1. The van der Waals surface area contributed by atoms with Gasteiger partial charge in [0, 0.05) is 11.8 Å². The van der Waals surface area contributed by atoms with E-state index in [2.05, 4.69) is 13.8 Å². The Morgan fingerprint density at radius 3 is 2.59 bits per heavy atom. The molecular weight excluding hydrogens is 220 g/mol. The molecule has 0 aromatic heterocycles. The SMILES string of the molecule is CCOC(=O)CC[C@@]1(C)OCC(C)(C)[C@H](C)O1. The molecule has 1 heterocycles. The molecule has 0 saturated carbocycles. The Labute approximate surface area is 104 Å². The summed E-state index contributed by atoms with van der Waals surface area (Å²) in [6.07, 6.45) is 0.979. The van der Waals surface area contributed by atoms with Gasteiger partial charge >= 0.3 is 5.97 Å². The number of carbonyl (C=O) groups excluding carboxylic acids is 1. The van der Waals surface area contributed by atoms with E-state index in [1.165, 1.54) is 0 Å². The molecule has 0 bridgehead atoms. The van der Waals surface area contributed by atoms with Crippen LogP contribution < -0.4 is 0 Å². The second kappa shape index (κ2) is 5.36. The molecule has 1 rings (SSSR count). The second-order valence-electron chi connectivity index (χ2n) is 5.48. The van der Waals surface area contributed by atoms with Gasteiger partial charge in [-0.1, -0.05) is 13.8 Å². The molecule has 1 aliphatic rings. The van der Waals surface area contributed by atoms with Gasteiger partial charge in [0.1, 0.15) is 0 Å². The first-order valence-corrected chi connectivity index (χ1v) is 6.26. The third-order valence-electron chi connectivity index (χ3n) is 3.36. The van der Waals surface area contributed by atoms with Crippen molar-refractivity contribution in [2.24, 2.45) is 5.41 Å². The van der Waals surface area contributed by atoms with Gasteiger partial charge in [-0.25, -0.2) is 0 Å². The number of hydrogen-bond acceptors (Lipinski definition) is 4. The highest BCUT2D eigenvalue weighted by Crippen LogP contribution is 2.36. The van der Waals surface area contributed by atoms with Gasteiger partial charge in [0.2, 0.25) is 0 Å². The molecule has 0 spiro atoms. The van der Waals surface area contributed by atoms with Crippen LogP contribution in [0.1, 0.15) is 47.5 Å². The van der Waals surface area contributed by atoms with Gasteiger partial charge in [0.25, 0.3) is 0 Å². The minimum atomic E-state index is -0.665. The summed E-state index contributed by atoms with van der Waals surface area (Å²) in [7, 11) is 0. The van der Waals surface area contributed by atoms with Crippen LogP contribution in [0.5, 0.6) is 0 Å². The minimum Gasteiger partial charge on any atom is -0.466 e. The summed E-state index contributed by atoms with van der Waals surface area (Å²) < 4.78 is 16.5. The molecule has 0 aliphatic carbocycles. The monoisotopic (exact) mass is 244 g/mol. The first kappa shape index (κ1) is 14.5. The van der Waals surface area contributed by atoms with Crippen LogP contribution in [0.2, 0.25) is 0 Å². The molecule has 1 aliphatic heterocycles. The van der Waals surface area contributed by atoms with E-state index in [0.717, 1.165) is 0 Å². The summed E-state index contributed by atoms with van der Waals surface area (Å²) in [5.74, 6) is -0.861. The van der Waals surface area contributed by atoms with E-state index < -0.39 is 5.79 Å². The maximum Gasteiger partial charge on any atom is 0.305 e. The average molecular weight is 244 g/mol. The molecule has 4 nitrogen and oxygen atoms in total. The van der Waals surface area contributed by atoms with Gasteiger partial charge in [-0.15, -0.1) is 0 Å². The van der Waals surface area contributed by atoms with E-state index in [1.54, 1.807) is 6.92 Å². The molecular formula is C13H24O4. The van der Waals surface area contributed by atoms with Gasteiger partial charge in [-0.05, 0) is 20.8 Å². The zero-order chi connectivity index (χ0) is 13.1. The number of rotatable bonds is 4. The number of hydrogen-bond donors (Lipinski definition) is 0. The van der Waals surface area contributed by atoms with E-state index in [0.29, 0.717) is 26.1 Å². The van der Waals surface area contributed by atoms with Crippen molar-refractivity contribution in [3.63, 3.8) is 0 Å². The summed E-state index contributed by atoms with van der Waals surface area (Å²) in [6.45, 7) is 11.0. The first-order valence-electron chi connectivity index (χ1n) is 6.26. The van der Waals surface area contributed by atoms with Crippen LogP contribution in [0.15, 0.2) is 0 Å². The maximum absolute atomic E-state index is 11.3. The summed E-state index contributed by atoms with van der Waals surface area (Å²) in [5.41, 5.74) is 0.0173. The maximum atomic E-state index is 11.3. The fraction of sp³-hybridized carbons (Fsp3) is 0.923. The number of ether oxygens (including phenoxy) is 3. The third kappa shape index (κ3) is 3.96. The lowest BCUT2D eigenvalue weighted by molar-refractivity contribution is -0.319. The van der Waals surface area contributed by atoms with Crippen molar-refractivity contribution in [2.45, 2.75) is 59.4 Å². The van der Waals surface area contributed by atoms with Gasteiger partial charge in [0.05, 0.1) is 25.7 Å². The molecule has 0 amide bonds. The zero-order valence-corrected chi connectivity index (χ0v) is 11.5. The van der Waals surface area contributed by atoms with Crippen LogP contribution in [0.25, 0.3) is 0 Å². The topological polar surface area (TPSA) is 44.8 Å². The van der Waals surface area contributed by atoms with E-state index in [4.69, 9.17) is 14.2 Å². The van der Waals surface area contributed by atoms with Gasteiger partial charge in [-0.3, -0.25) is 4.79 Å². The predicted octanol–water partition coefficient (Wildman–Crippen LogP) is 2.51. The molecule has 1 saturated heterocycles. The van der Waals surface area contributed by atoms with E-state index in [9.17, 15) is 4.79 Å². The van der Waals surface area contributed by atoms with Crippen LogP contribution in [-0.2, 0) is 19.0 Å². The second-order valence-corrected chi connectivity index (χ2v) is 5.48. The average Bonchev–Trinajstić information content (AvgIpc) is 2.23. The number of carbonyl (C=O) groups is 1. The normalized spacial score (nSPS) is 32.2. The molecule has 2 atom stereocenters. The summed E-state index contributed by atoms with van der Waals surface area (Å²) in [5, 5.41) is 0. The molecule has 17 heavy (non-hydrogen) atoms. The van der Waals surface area contributed by atoms with E-state index in [-0.39, 0.29) is 17.5 Å². The van der Waals surface area contributed by atoms with Gasteiger partial charge in [-0.2, -0.15) is 0 Å². The van der Waals surface area contributed by atoms with E-state index >= 15 is 0 Å². The lowest BCUT2D eigenvalue weighted by Gasteiger charge is -2.46. The van der Waals surface area contributed by atoms with Crippen molar-refractivity contribution < 1.29 is 19.0 Å². The molecule has 4 heteroatoms. The van der Waals surface area contributed by atoms with Crippen molar-refractivity contribution in [3.8, 4) is 0 Å². The van der Waals surface area contributed by atoms with Crippen LogP contribution in [0.4, 0.5) is 0 Å². The molecule has 100 valence electrons. The molecule has 0 aromatic carbocycles. The van der Waals surface area contributed by atoms with Crippen molar-refractivity contribution >= 4 is 5.97 Å². The lowest BCUT2D eigenvalue weighted by Crippen LogP contribution is -2.50. The fourth-order valence-electron chi connectivity index (χ4n) is 1.72. The highest BCUT2D eigenvalue weighted by molar-refractivity contribution is 5.69. The Morgan fingerprint density at radius 2 is 2.06 bits per heavy atom. The summed E-state index contributed by atoms with van der Waals surface area (Å²) >= 11 is 0. The van der Waals surface area contributed by atoms with Crippen LogP contribution >= 0.6 is 0 Å². The minimum absolute atomic E-state index is 0.0173. The smallest absolute Gasteiger partial charge is 0.305 e. The quantitative estimate of drug-likeness (QED) is 0.713. The van der Waals surface area contributed by atoms with Crippen molar-refractivity contribution in [1.82, 2.24) is 0 Å². The first-order chi connectivity index (χ1) is 7.79. The zero-order valence-electron chi connectivity index (χ0n) is 11.5. The Bertz CT molecular complexity index is 275. The largest absolute Gasteiger partial charge is 0.466 e. The number of esters is 1. The van der Waals surface area contributed by atoms with Crippen LogP contribution in [0.3, 0.4) is 0 Å². The van der Waals surface area contributed by atoms with Gasteiger partial charge < -0.3 is 14.2 Å². The Morgan fingerprint density at radius 1 is 1.41 bits per heavy atom. The van der Waals surface area contributed by atoms with Crippen molar-refractivity contribution in [2.75, 3.05) is 13.2 Å². The third-order valence-corrected chi connectivity index (χ3v) is 3.36. The molecule has 0 N–H and O–H groups in total. The molecule has 0 unspecified atom stereocenters. The summed E-state index contributed by atoms with van der Waals surface area (Å²) in [6, 6.07) is 0.